The number of hydrogen-bond acceptors (Lipinski definition) is 3. The first kappa shape index (κ1) is 35.4. The Bertz CT molecular complexity index is 910. The second-order valence-corrected chi connectivity index (χ2v) is 18.3. The number of aliphatic hydroxyl groups excluding tert-OH is 1. The van der Waals surface area contributed by atoms with Crippen molar-refractivity contribution in [1.29, 1.82) is 0 Å². The van der Waals surface area contributed by atoms with Crippen LogP contribution in [0.4, 0.5) is 0 Å². The topological polar surface area (TPSA) is 41.8 Å². The Kier molecular flexibility index (Phi) is 16.8. The average Bonchev–Trinajstić information content (AvgIpc) is 2.96. The van der Waals surface area contributed by atoms with Crippen LogP contribution in [0.1, 0.15) is 129 Å². The molecule has 2 aromatic carbocycles. The number of benzene rings is 2. The number of aliphatic hydroxyl groups is 1. The summed E-state index contributed by atoms with van der Waals surface area (Å²) in [6.45, 7) is 14.1. The van der Waals surface area contributed by atoms with Crippen molar-refractivity contribution < 1.29 is 9.53 Å². The summed E-state index contributed by atoms with van der Waals surface area (Å²) in [4.78, 5) is 5.25. The fourth-order valence-electron chi connectivity index (χ4n) is 4.98. The summed E-state index contributed by atoms with van der Waals surface area (Å²) in [7, 11) is -1.98. The molecule has 0 aliphatic rings. The van der Waals surface area contributed by atoms with E-state index in [9.17, 15) is 5.11 Å². The molecule has 2 rings (SSSR count). The van der Waals surface area contributed by atoms with E-state index in [2.05, 4.69) is 89.3 Å². The van der Waals surface area contributed by atoms with Crippen LogP contribution in [0.25, 0.3) is 0 Å². The van der Waals surface area contributed by atoms with Gasteiger partial charge >= 0.3 is 0 Å². The Hall–Kier alpha value is -1.75. The molecule has 0 spiro atoms. The predicted octanol–water partition coefficient (Wildman–Crippen LogP) is 10.8. The van der Waals surface area contributed by atoms with Crippen LogP contribution in [0.5, 0.6) is 0 Å². The van der Waals surface area contributed by atoms with Crippen LogP contribution in [-0.4, -0.2) is 37.9 Å². The van der Waals surface area contributed by atoms with E-state index < -0.39 is 14.4 Å². The molecule has 3 nitrogen and oxygen atoms in total. The van der Waals surface area contributed by atoms with Gasteiger partial charge in [-0.1, -0.05) is 172 Å². The molecule has 2 aromatic rings. The lowest BCUT2D eigenvalue weighted by Gasteiger charge is -2.37. The van der Waals surface area contributed by atoms with E-state index in [0.29, 0.717) is 6.61 Å². The van der Waals surface area contributed by atoms with Crippen LogP contribution in [0, 0.1) is 0 Å². The maximum Gasteiger partial charge on any atom is 0.192 e. The summed E-state index contributed by atoms with van der Waals surface area (Å²) in [5.41, 5.74) is 3.08. The van der Waals surface area contributed by atoms with Gasteiger partial charge in [0.05, 0.1) is 24.5 Å². The molecule has 41 heavy (non-hydrogen) atoms. The van der Waals surface area contributed by atoms with Gasteiger partial charge < -0.3 is 9.53 Å². The summed E-state index contributed by atoms with van der Waals surface area (Å²) in [5, 5.41) is 11.6. The Morgan fingerprint density at radius 1 is 0.707 bits per heavy atom. The fourth-order valence-corrected chi connectivity index (χ4v) is 6.00. The van der Waals surface area contributed by atoms with Crippen molar-refractivity contribution in [2.45, 2.75) is 148 Å². The molecule has 0 fully saturated rings. The highest BCUT2D eigenvalue weighted by Crippen LogP contribution is 2.37. The molecule has 0 aliphatic heterocycles. The smallest absolute Gasteiger partial charge is 0.192 e. The molecule has 1 N–H and O–H groups in total. The zero-order valence-corrected chi connectivity index (χ0v) is 28.3. The number of unbranched alkanes of at least 4 members (excludes halogenated alkanes) is 12. The van der Waals surface area contributed by atoms with E-state index in [-0.39, 0.29) is 11.1 Å². The number of nitrogens with zero attached hydrogens (tertiary/aromatic N) is 1. The van der Waals surface area contributed by atoms with Crippen molar-refractivity contribution in [3.05, 3.63) is 71.8 Å². The van der Waals surface area contributed by atoms with Crippen LogP contribution in [0.3, 0.4) is 0 Å². The van der Waals surface area contributed by atoms with Gasteiger partial charge in [0.1, 0.15) is 0 Å². The number of hydrogen-bond donors (Lipinski definition) is 1. The summed E-state index contributed by atoms with van der Waals surface area (Å²) < 4.78 is 6.64. The van der Waals surface area contributed by atoms with Crippen molar-refractivity contribution in [1.82, 2.24) is 0 Å². The molecule has 0 bridgehead atoms. The fraction of sp³-hybridized carbons (Fsp3) is 0.649. The maximum atomic E-state index is 11.5. The van der Waals surface area contributed by atoms with Gasteiger partial charge in [-0.05, 0) is 24.6 Å². The third-order valence-electron chi connectivity index (χ3n) is 8.86. The van der Waals surface area contributed by atoms with Gasteiger partial charge in [-0.2, -0.15) is 0 Å². The van der Waals surface area contributed by atoms with Crippen molar-refractivity contribution in [2.24, 2.45) is 4.99 Å². The van der Waals surface area contributed by atoms with Gasteiger partial charge in [0.25, 0.3) is 0 Å². The zero-order valence-electron chi connectivity index (χ0n) is 27.3. The lowest BCUT2D eigenvalue weighted by atomic mass is 9.99. The summed E-state index contributed by atoms with van der Waals surface area (Å²) in [5.74, 6) is 0. The minimum Gasteiger partial charge on any atom is -0.415 e. The van der Waals surface area contributed by atoms with Crippen LogP contribution in [0.15, 0.2) is 65.7 Å². The van der Waals surface area contributed by atoms with E-state index in [1.807, 2.05) is 12.1 Å². The quantitative estimate of drug-likeness (QED) is 0.0908. The van der Waals surface area contributed by atoms with Crippen LogP contribution < -0.4 is 0 Å². The van der Waals surface area contributed by atoms with Crippen LogP contribution in [0.2, 0.25) is 18.1 Å². The van der Waals surface area contributed by atoms with Crippen molar-refractivity contribution in [3.8, 4) is 0 Å². The molecule has 0 amide bonds. The third-order valence-corrected chi connectivity index (χ3v) is 13.4. The van der Waals surface area contributed by atoms with Gasteiger partial charge in [-0.25, -0.2) is 0 Å². The molecule has 0 saturated carbocycles. The second-order valence-electron chi connectivity index (χ2n) is 13.4. The zero-order chi connectivity index (χ0) is 30.0. The standard InChI is InChI=1S/C37H61NO2Si/c1-7-8-9-10-11-12-13-14-15-16-17-18-25-30-35(39)34(31-40-41(5,6)37(2,3)4)38-36(32-26-21-19-22-27-32)33-28-23-20-24-29-33/h19-24,26-29,34-35,39H,7-18,25,30-31H2,1-6H3/t34-,35-/m1/s1. The molecule has 4 heteroatoms. The molecule has 2 atom stereocenters. The SMILES string of the molecule is CCCCCCCCCCCCCCC[C@@H](O)[C@@H](CO[Si](C)(C)C(C)(C)C)N=C(c1ccccc1)c1ccccc1. The average molecular weight is 580 g/mol. The first-order valence-electron chi connectivity index (χ1n) is 16.7. The molecule has 0 unspecified atom stereocenters. The number of aliphatic imine (C=N–C) groups is 1. The highest BCUT2D eigenvalue weighted by molar-refractivity contribution is 6.74. The normalized spacial score (nSPS) is 13.6. The Labute approximate surface area is 254 Å². The lowest BCUT2D eigenvalue weighted by molar-refractivity contribution is 0.102. The van der Waals surface area contributed by atoms with E-state index in [1.165, 1.54) is 77.0 Å². The highest BCUT2D eigenvalue weighted by atomic mass is 28.4. The lowest BCUT2D eigenvalue weighted by Crippen LogP contribution is -2.44. The largest absolute Gasteiger partial charge is 0.415 e. The van der Waals surface area contributed by atoms with Gasteiger partial charge in [0.2, 0.25) is 0 Å². The predicted molar refractivity (Wildman–Crippen MR) is 182 cm³/mol. The van der Waals surface area contributed by atoms with Crippen LogP contribution >= 0.6 is 0 Å². The Morgan fingerprint density at radius 3 is 1.54 bits per heavy atom. The van der Waals surface area contributed by atoms with Crippen molar-refractivity contribution >= 4 is 14.0 Å². The molecule has 230 valence electrons. The molecule has 0 heterocycles. The highest BCUT2D eigenvalue weighted by Gasteiger charge is 2.38. The minimum absolute atomic E-state index is 0.114. The van der Waals surface area contributed by atoms with E-state index >= 15 is 0 Å². The van der Waals surface area contributed by atoms with Gasteiger partial charge in [-0.3, -0.25) is 4.99 Å². The first-order chi connectivity index (χ1) is 19.7. The summed E-state index contributed by atoms with van der Waals surface area (Å²) >= 11 is 0. The molecule has 0 aromatic heterocycles. The number of rotatable bonds is 21. The molecule has 0 aliphatic carbocycles. The van der Waals surface area contributed by atoms with Crippen molar-refractivity contribution in [3.63, 3.8) is 0 Å². The Morgan fingerprint density at radius 2 is 1.12 bits per heavy atom. The summed E-state index contributed by atoms with van der Waals surface area (Å²) in [6.07, 6.45) is 17.5. The molecular weight excluding hydrogens is 518 g/mol. The maximum absolute atomic E-state index is 11.5. The molecule has 0 saturated heterocycles. The molecule has 0 radical (unpaired) electrons. The first-order valence-corrected chi connectivity index (χ1v) is 19.6. The second kappa shape index (κ2) is 19.4. The Balaban J connectivity index is 1.96. The third kappa shape index (κ3) is 13.8. The molecular formula is C37H61NO2Si. The van der Waals surface area contributed by atoms with Gasteiger partial charge in [-0.15, -0.1) is 0 Å². The van der Waals surface area contributed by atoms with E-state index in [0.717, 1.165) is 29.7 Å². The summed E-state index contributed by atoms with van der Waals surface area (Å²) in [6, 6.07) is 20.4. The van der Waals surface area contributed by atoms with Gasteiger partial charge in [0.15, 0.2) is 8.32 Å². The minimum atomic E-state index is -1.98. The monoisotopic (exact) mass is 579 g/mol. The van der Waals surface area contributed by atoms with Crippen molar-refractivity contribution in [2.75, 3.05) is 6.61 Å². The van der Waals surface area contributed by atoms with Crippen LogP contribution in [-0.2, 0) is 4.43 Å². The van der Waals surface area contributed by atoms with E-state index in [1.54, 1.807) is 0 Å². The van der Waals surface area contributed by atoms with Gasteiger partial charge in [0, 0.05) is 11.1 Å². The van der Waals surface area contributed by atoms with E-state index in [4.69, 9.17) is 9.42 Å².